The summed E-state index contributed by atoms with van der Waals surface area (Å²) in [5.74, 6) is 1.85. The van der Waals surface area contributed by atoms with Crippen molar-refractivity contribution in [3.8, 4) is 67.5 Å². The van der Waals surface area contributed by atoms with E-state index in [0.29, 0.717) is 22.5 Å². The van der Waals surface area contributed by atoms with Crippen LogP contribution in [0.5, 0.6) is 0 Å². The average Bonchev–Trinajstić information content (AvgIpc) is 3.09. The first-order valence-electron chi connectivity index (χ1n) is 14.1. The lowest BCUT2D eigenvalue weighted by Crippen LogP contribution is -2.00. The molecule has 1 heterocycles. The van der Waals surface area contributed by atoms with Gasteiger partial charge in [0.1, 0.15) is 0 Å². The molecule has 0 aliphatic heterocycles. The van der Waals surface area contributed by atoms with E-state index in [4.69, 9.17) is 26.6 Å². The molecule has 0 spiro atoms. The van der Waals surface area contributed by atoms with Crippen molar-refractivity contribution in [2.24, 2.45) is 0 Å². The predicted molar refractivity (Wildman–Crippen MR) is 177 cm³/mol. The summed E-state index contributed by atoms with van der Waals surface area (Å²) in [7, 11) is 0. The Kier molecular flexibility index (Phi) is 7.31. The maximum absolute atomic E-state index is 6.16. The molecule has 0 bridgehead atoms. The Balaban J connectivity index is 1.28. The molecule has 0 fully saturated rings. The molecule has 0 unspecified atom stereocenters. The molecule has 0 saturated heterocycles. The monoisotopic (exact) mass is 571 g/mol. The molecule has 0 N–H and O–H groups in total. The first-order valence-corrected chi connectivity index (χ1v) is 14.5. The van der Waals surface area contributed by atoms with Gasteiger partial charge in [0.2, 0.25) is 0 Å². The molecular formula is C39H26ClN3. The third-order valence-electron chi connectivity index (χ3n) is 7.39. The Morgan fingerprint density at radius 3 is 1.09 bits per heavy atom. The van der Waals surface area contributed by atoms with Crippen molar-refractivity contribution in [2.75, 3.05) is 0 Å². The maximum atomic E-state index is 6.16. The van der Waals surface area contributed by atoms with Crippen LogP contribution in [0.2, 0.25) is 5.02 Å². The van der Waals surface area contributed by atoms with E-state index >= 15 is 0 Å². The van der Waals surface area contributed by atoms with Crippen LogP contribution in [-0.2, 0) is 0 Å². The molecule has 0 amide bonds. The second kappa shape index (κ2) is 11.8. The van der Waals surface area contributed by atoms with Crippen LogP contribution in [-0.4, -0.2) is 15.0 Å². The van der Waals surface area contributed by atoms with Gasteiger partial charge < -0.3 is 0 Å². The molecule has 1 aromatic heterocycles. The SMILES string of the molecule is Clc1ccc(-c2nc(-c3ccccc3)nc(-c3cccc(-c4cccc(-c5cccc(-c6ccccc6)c5)c4)c3)n2)cc1. The molecule has 0 aliphatic carbocycles. The van der Waals surface area contributed by atoms with E-state index in [1.807, 2.05) is 66.7 Å². The van der Waals surface area contributed by atoms with Gasteiger partial charge in [0.15, 0.2) is 17.5 Å². The zero-order valence-electron chi connectivity index (χ0n) is 23.2. The lowest BCUT2D eigenvalue weighted by molar-refractivity contribution is 1.07. The molecule has 0 atom stereocenters. The van der Waals surface area contributed by atoms with Crippen molar-refractivity contribution in [1.82, 2.24) is 15.0 Å². The van der Waals surface area contributed by atoms with Gasteiger partial charge in [-0.3, -0.25) is 0 Å². The minimum absolute atomic E-state index is 0.603. The molecule has 7 rings (SSSR count). The summed E-state index contributed by atoms with van der Waals surface area (Å²) in [6, 6.07) is 53.8. The summed E-state index contributed by atoms with van der Waals surface area (Å²) in [6.07, 6.45) is 0. The van der Waals surface area contributed by atoms with Crippen molar-refractivity contribution in [3.05, 3.63) is 163 Å². The van der Waals surface area contributed by atoms with Gasteiger partial charge in [-0.1, -0.05) is 127 Å². The summed E-state index contributed by atoms with van der Waals surface area (Å²) < 4.78 is 0. The largest absolute Gasteiger partial charge is 0.208 e. The topological polar surface area (TPSA) is 38.7 Å². The van der Waals surface area contributed by atoms with Crippen LogP contribution in [0.25, 0.3) is 67.5 Å². The van der Waals surface area contributed by atoms with E-state index in [0.717, 1.165) is 33.4 Å². The molecule has 43 heavy (non-hydrogen) atoms. The Hall–Kier alpha value is -5.38. The highest BCUT2D eigenvalue weighted by Gasteiger charge is 2.13. The van der Waals surface area contributed by atoms with Gasteiger partial charge in [0, 0.05) is 21.7 Å². The first kappa shape index (κ1) is 26.5. The van der Waals surface area contributed by atoms with Gasteiger partial charge in [-0.25, -0.2) is 15.0 Å². The molecule has 0 saturated carbocycles. The quantitative estimate of drug-likeness (QED) is 0.199. The second-order valence-corrected chi connectivity index (χ2v) is 10.7. The van der Waals surface area contributed by atoms with E-state index in [9.17, 15) is 0 Å². The maximum Gasteiger partial charge on any atom is 0.164 e. The summed E-state index contributed by atoms with van der Waals surface area (Å²) in [4.78, 5) is 14.6. The smallest absolute Gasteiger partial charge is 0.164 e. The fourth-order valence-electron chi connectivity index (χ4n) is 5.17. The fraction of sp³-hybridized carbons (Fsp3) is 0. The van der Waals surface area contributed by atoms with Crippen molar-refractivity contribution < 1.29 is 0 Å². The number of hydrogen-bond acceptors (Lipinski definition) is 3. The molecule has 3 nitrogen and oxygen atoms in total. The number of benzene rings is 6. The molecule has 204 valence electrons. The number of nitrogens with zero attached hydrogens (tertiary/aromatic N) is 3. The first-order chi connectivity index (χ1) is 21.2. The van der Waals surface area contributed by atoms with E-state index in [1.165, 1.54) is 16.7 Å². The minimum Gasteiger partial charge on any atom is -0.208 e. The average molecular weight is 572 g/mol. The molecule has 0 aliphatic rings. The third kappa shape index (κ3) is 5.85. The lowest BCUT2D eigenvalue weighted by Gasteiger charge is -2.11. The molecule has 0 radical (unpaired) electrons. The highest BCUT2D eigenvalue weighted by Crippen LogP contribution is 2.32. The van der Waals surface area contributed by atoms with Crippen LogP contribution in [0.4, 0.5) is 0 Å². The fourth-order valence-corrected chi connectivity index (χ4v) is 5.30. The van der Waals surface area contributed by atoms with Crippen molar-refractivity contribution in [3.63, 3.8) is 0 Å². The third-order valence-corrected chi connectivity index (χ3v) is 7.64. The van der Waals surface area contributed by atoms with Gasteiger partial charge in [-0.2, -0.15) is 0 Å². The molecular weight excluding hydrogens is 546 g/mol. The zero-order valence-corrected chi connectivity index (χ0v) is 24.0. The van der Waals surface area contributed by atoms with Crippen LogP contribution in [0.3, 0.4) is 0 Å². The minimum atomic E-state index is 0.603. The van der Waals surface area contributed by atoms with E-state index < -0.39 is 0 Å². The predicted octanol–water partition coefficient (Wildman–Crippen LogP) is 10.5. The Labute approximate surface area is 256 Å². The zero-order chi connectivity index (χ0) is 29.0. The van der Waals surface area contributed by atoms with E-state index in [1.54, 1.807) is 0 Å². The molecule has 7 aromatic rings. The van der Waals surface area contributed by atoms with Crippen molar-refractivity contribution in [1.29, 1.82) is 0 Å². The normalized spacial score (nSPS) is 10.9. The molecule has 4 heteroatoms. The summed E-state index contributed by atoms with van der Waals surface area (Å²) >= 11 is 6.16. The van der Waals surface area contributed by atoms with E-state index in [2.05, 4.69) is 91.0 Å². The van der Waals surface area contributed by atoms with Crippen LogP contribution in [0.1, 0.15) is 0 Å². The highest BCUT2D eigenvalue weighted by molar-refractivity contribution is 6.30. The Morgan fingerprint density at radius 2 is 0.605 bits per heavy atom. The standard InChI is InChI=1S/C39H26ClN3/c40-36-22-20-29(21-23-36)38-41-37(28-12-5-2-6-13-28)42-39(43-38)35-19-9-18-34(26-35)33-17-8-16-32(25-33)31-15-7-14-30(24-31)27-10-3-1-4-11-27/h1-26H. The van der Waals surface area contributed by atoms with Crippen LogP contribution >= 0.6 is 11.6 Å². The molecule has 6 aromatic carbocycles. The lowest BCUT2D eigenvalue weighted by atomic mass is 9.95. The van der Waals surface area contributed by atoms with Crippen LogP contribution in [0, 0.1) is 0 Å². The summed E-state index contributed by atoms with van der Waals surface area (Å²) in [6.45, 7) is 0. The summed E-state index contributed by atoms with van der Waals surface area (Å²) in [5.41, 5.74) is 9.70. The Morgan fingerprint density at radius 1 is 0.279 bits per heavy atom. The number of halogens is 1. The van der Waals surface area contributed by atoms with E-state index in [-0.39, 0.29) is 0 Å². The number of hydrogen-bond donors (Lipinski definition) is 0. The second-order valence-electron chi connectivity index (χ2n) is 10.3. The van der Waals surface area contributed by atoms with Gasteiger partial charge in [-0.15, -0.1) is 0 Å². The van der Waals surface area contributed by atoms with Crippen molar-refractivity contribution >= 4 is 11.6 Å². The highest BCUT2D eigenvalue weighted by atomic mass is 35.5. The number of rotatable bonds is 6. The van der Waals surface area contributed by atoms with Gasteiger partial charge in [0.05, 0.1) is 0 Å². The van der Waals surface area contributed by atoms with Gasteiger partial charge in [0.25, 0.3) is 0 Å². The van der Waals surface area contributed by atoms with Gasteiger partial charge in [-0.05, 0) is 75.8 Å². The summed E-state index contributed by atoms with van der Waals surface area (Å²) in [5, 5.41) is 0.669. The Bertz CT molecular complexity index is 2020. The van der Waals surface area contributed by atoms with Gasteiger partial charge >= 0.3 is 0 Å². The van der Waals surface area contributed by atoms with Crippen LogP contribution in [0.15, 0.2) is 158 Å². The van der Waals surface area contributed by atoms with Crippen LogP contribution < -0.4 is 0 Å². The number of aromatic nitrogens is 3. The van der Waals surface area contributed by atoms with Crippen molar-refractivity contribution in [2.45, 2.75) is 0 Å².